The van der Waals surface area contributed by atoms with E-state index in [1.54, 1.807) is 36.3 Å². The summed E-state index contributed by atoms with van der Waals surface area (Å²) in [6, 6.07) is 14.1. The quantitative estimate of drug-likeness (QED) is 0.733. The van der Waals surface area contributed by atoms with Gasteiger partial charge in [0.15, 0.2) is 6.61 Å². The predicted molar refractivity (Wildman–Crippen MR) is 113 cm³/mol. The molecule has 1 heterocycles. The zero-order chi connectivity index (χ0) is 21.5. The molecule has 0 aliphatic carbocycles. The van der Waals surface area contributed by atoms with Crippen molar-refractivity contribution in [3.63, 3.8) is 0 Å². The van der Waals surface area contributed by atoms with Crippen molar-refractivity contribution in [2.45, 2.75) is 6.92 Å². The Kier molecular flexibility index (Phi) is 6.90. The molecular formula is C22H25N3O5. The lowest BCUT2D eigenvalue weighted by Gasteiger charge is -2.36. The summed E-state index contributed by atoms with van der Waals surface area (Å²) in [5.41, 5.74) is 1.90. The van der Waals surface area contributed by atoms with Crippen LogP contribution in [0.25, 0.3) is 0 Å². The van der Waals surface area contributed by atoms with Crippen molar-refractivity contribution in [3.05, 3.63) is 54.1 Å². The number of hydrogen-bond donors (Lipinski definition) is 1. The van der Waals surface area contributed by atoms with Gasteiger partial charge in [-0.3, -0.25) is 9.59 Å². The van der Waals surface area contributed by atoms with E-state index in [0.717, 1.165) is 11.4 Å². The fourth-order valence-corrected chi connectivity index (χ4v) is 3.28. The van der Waals surface area contributed by atoms with E-state index in [-0.39, 0.29) is 18.4 Å². The van der Waals surface area contributed by atoms with Crippen molar-refractivity contribution in [2.75, 3.05) is 50.1 Å². The summed E-state index contributed by atoms with van der Waals surface area (Å²) in [4.78, 5) is 39.5. The van der Waals surface area contributed by atoms with Gasteiger partial charge in [0.1, 0.15) is 5.75 Å². The number of rotatable bonds is 6. The van der Waals surface area contributed by atoms with Crippen LogP contribution in [-0.2, 0) is 14.3 Å². The number of hydrogen-bond acceptors (Lipinski definition) is 6. The second-order valence-electron chi connectivity index (χ2n) is 6.87. The molecular weight excluding hydrogens is 386 g/mol. The minimum absolute atomic E-state index is 0.193. The number of benzene rings is 2. The van der Waals surface area contributed by atoms with Gasteiger partial charge < -0.3 is 24.6 Å². The molecule has 0 bridgehead atoms. The topological polar surface area (TPSA) is 88.2 Å². The van der Waals surface area contributed by atoms with E-state index < -0.39 is 5.97 Å². The summed E-state index contributed by atoms with van der Waals surface area (Å²) >= 11 is 0. The molecule has 1 aliphatic rings. The van der Waals surface area contributed by atoms with E-state index in [1.807, 2.05) is 24.3 Å². The van der Waals surface area contributed by atoms with Crippen LogP contribution in [0.15, 0.2) is 48.5 Å². The number of carbonyl (C=O) groups excluding carboxylic acids is 3. The molecule has 0 atom stereocenters. The van der Waals surface area contributed by atoms with Crippen LogP contribution in [0.4, 0.5) is 11.4 Å². The maximum absolute atomic E-state index is 12.4. The average Bonchev–Trinajstić information content (AvgIpc) is 2.77. The van der Waals surface area contributed by atoms with Gasteiger partial charge in [0.05, 0.1) is 18.4 Å². The molecule has 8 heteroatoms. The highest BCUT2D eigenvalue weighted by molar-refractivity contribution is 5.93. The van der Waals surface area contributed by atoms with Crippen molar-refractivity contribution in [1.29, 1.82) is 0 Å². The number of ether oxygens (including phenoxy) is 2. The Hall–Kier alpha value is -3.55. The number of nitrogens with zero attached hydrogens (tertiary/aromatic N) is 2. The molecule has 1 N–H and O–H groups in total. The van der Waals surface area contributed by atoms with Crippen LogP contribution in [0.1, 0.15) is 17.3 Å². The maximum atomic E-state index is 12.4. The Morgan fingerprint density at radius 2 is 1.63 bits per heavy atom. The zero-order valence-electron chi connectivity index (χ0n) is 17.1. The van der Waals surface area contributed by atoms with Gasteiger partial charge in [0, 0.05) is 38.8 Å². The number of anilines is 2. The lowest BCUT2D eigenvalue weighted by molar-refractivity contribution is -0.134. The van der Waals surface area contributed by atoms with E-state index in [4.69, 9.17) is 9.47 Å². The highest BCUT2D eigenvalue weighted by atomic mass is 16.5. The minimum atomic E-state index is -0.578. The molecule has 1 fully saturated rings. The second-order valence-corrected chi connectivity index (χ2v) is 6.87. The number of esters is 1. The van der Waals surface area contributed by atoms with Crippen molar-refractivity contribution in [1.82, 2.24) is 4.90 Å². The third-order valence-electron chi connectivity index (χ3n) is 4.83. The largest absolute Gasteiger partial charge is 0.495 e. The monoisotopic (exact) mass is 411 g/mol. The van der Waals surface area contributed by atoms with Crippen LogP contribution in [0.5, 0.6) is 5.75 Å². The Labute approximate surface area is 175 Å². The van der Waals surface area contributed by atoms with Gasteiger partial charge in [-0.1, -0.05) is 12.1 Å². The zero-order valence-corrected chi connectivity index (χ0v) is 17.1. The van der Waals surface area contributed by atoms with Gasteiger partial charge in [-0.2, -0.15) is 0 Å². The molecule has 0 unspecified atom stereocenters. The summed E-state index contributed by atoms with van der Waals surface area (Å²) in [7, 11) is 1.64. The van der Waals surface area contributed by atoms with E-state index in [9.17, 15) is 14.4 Å². The fraction of sp³-hybridized carbons (Fsp3) is 0.318. The Bertz CT molecular complexity index is 905. The molecule has 0 spiro atoms. The van der Waals surface area contributed by atoms with Gasteiger partial charge in [-0.25, -0.2) is 4.79 Å². The normalized spacial score (nSPS) is 13.5. The molecule has 0 aromatic heterocycles. The van der Waals surface area contributed by atoms with Crippen LogP contribution in [-0.4, -0.2) is 62.6 Å². The van der Waals surface area contributed by atoms with Gasteiger partial charge in [-0.15, -0.1) is 0 Å². The number of carbonyl (C=O) groups is 3. The molecule has 2 aromatic carbocycles. The van der Waals surface area contributed by atoms with Crippen LogP contribution in [0.2, 0.25) is 0 Å². The van der Waals surface area contributed by atoms with Gasteiger partial charge in [0.25, 0.3) is 5.91 Å². The summed E-state index contributed by atoms with van der Waals surface area (Å²) in [5, 5.41) is 2.62. The predicted octanol–water partition coefficient (Wildman–Crippen LogP) is 2.16. The first-order chi connectivity index (χ1) is 14.5. The highest BCUT2D eigenvalue weighted by Gasteiger charge is 2.23. The number of amides is 2. The SMILES string of the molecule is COc1ccccc1N1CCN(C(=O)COC(=O)c2ccc(NC(C)=O)cc2)CC1. The molecule has 158 valence electrons. The van der Waals surface area contributed by atoms with Crippen molar-refractivity contribution < 1.29 is 23.9 Å². The molecule has 0 radical (unpaired) electrons. The summed E-state index contributed by atoms with van der Waals surface area (Å²) in [6.07, 6.45) is 0. The van der Waals surface area contributed by atoms with Gasteiger partial charge in [0.2, 0.25) is 5.91 Å². The first-order valence-corrected chi connectivity index (χ1v) is 9.68. The lowest BCUT2D eigenvalue weighted by atomic mass is 10.2. The smallest absolute Gasteiger partial charge is 0.338 e. The second kappa shape index (κ2) is 9.78. The van der Waals surface area contributed by atoms with E-state index in [0.29, 0.717) is 37.4 Å². The minimum Gasteiger partial charge on any atom is -0.495 e. The van der Waals surface area contributed by atoms with Crippen molar-refractivity contribution in [3.8, 4) is 5.75 Å². The molecule has 2 aromatic rings. The lowest BCUT2D eigenvalue weighted by Crippen LogP contribution is -2.50. The fourth-order valence-electron chi connectivity index (χ4n) is 3.28. The number of nitrogens with one attached hydrogen (secondary N) is 1. The molecule has 2 amide bonds. The Balaban J connectivity index is 1.48. The Morgan fingerprint density at radius 1 is 0.967 bits per heavy atom. The molecule has 8 nitrogen and oxygen atoms in total. The molecule has 30 heavy (non-hydrogen) atoms. The molecule has 3 rings (SSSR count). The van der Waals surface area contributed by atoms with Crippen LogP contribution < -0.4 is 15.0 Å². The van der Waals surface area contributed by atoms with Gasteiger partial charge in [-0.05, 0) is 36.4 Å². The van der Waals surface area contributed by atoms with Crippen LogP contribution in [0, 0.1) is 0 Å². The summed E-state index contributed by atoms with van der Waals surface area (Å²) < 4.78 is 10.6. The van der Waals surface area contributed by atoms with E-state index in [2.05, 4.69) is 10.2 Å². The third-order valence-corrected chi connectivity index (χ3v) is 4.83. The van der Waals surface area contributed by atoms with Gasteiger partial charge >= 0.3 is 5.97 Å². The molecule has 1 saturated heterocycles. The number of methoxy groups -OCH3 is 1. The first kappa shape index (κ1) is 21.2. The summed E-state index contributed by atoms with van der Waals surface area (Å²) in [6.45, 7) is 3.53. The Morgan fingerprint density at radius 3 is 2.27 bits per heavy atom. The molecule has 1 aliphatic heterocycles. The van der Waals surface area contributed by atoms with Crippen molar-refractivity contribution in [2.24, 2.45) is 0 Å². The van der Waals surface area contributed by atoms with Crippen LogP contribution >= 0.6 is 0 Å². The van der Waals surface area contributed by atoms with E-state index >= 15 is 0 Å². The van der Waals surface area contributed by atoms with Crippen LogP contribution in [0.3, 0.4) is 0 Å². The summed E-state index contributed by atoms with van der Waals surface area (Å²) in [5.74, 6) is -0.194. The van der Waals surface area contributed by atoms with Crippen molar-refractivity contribution >= 4 is 29.2 Å². The van der Waals surface area contributed by atoms with E-state index in [1.165, 1.54) is 6.92 Å². The third kappa shape index (κ3) is 5.28. The maximum Gasteiger partial charge on any atom is 0.338 e. The highest BCUT2D eigenvalue weighted by Crippen LogP contribution is 2.28. The number of piperazine rings is 1. The molecule has 0 saturated carbocycles. The average molecular weight is 411 g/mol. The standard InChI is InChI=1S/C22H25N3O5/c1-16(26)23-18-9-7-17(8-10-18)22(28)30-15-21(27)25-13-11-24(12-14-25)19-5-3-4-6-20(19)29-2/h3-10H,11-15H2,1-2H3,(H,23,26). The number of para-hydroxylation sites is 2. The first-order valence-electron chi connectivity index (χ1n) is 9.68.